The lowest BCUT2D eigenvalue weighted by Gasteiger charge is -2.20. The first-order valence-corrected chi connectivity index (χ1v) is 7.40. The minimum Gasteiger partial charge on any atom is -0.343 e. The standard InChI is InChI=1S/C13H22N2O2S/c1-4-6-8-14(5-2)12(16)7-9-15-11(3)10-18-13(15)17/h10H,4-9H2,1-3H3. The average Bonchev–Trinajstić information content (AvgIpc) is 2.67. The maximum absolute atomic E-state index is 12.0. The number of thiazole rings is 1. The maximum atomic E-state index is 12.0. The van der Waals surface area contributed by atoms with Crippen molar-refractivity contribution in [2.24, 2.45) is 0 Å². The van der Waals surface area contributed by atoms with Crippen LogP contribution in [0.5, 0.6) is 0 Å². The summed E-state index contributed by atoms with van der Waals surface area (Å²) >= 11 is 1.19. The summed E-state index contributed by atoms with van der Waals surface area (Å²) < 4.78 is 1.68. The Morgan fingerprint density at radius 2 is 2.17 bits per heavy atom. The first-order chi connectivity index (χ1) is 8.60. The van der Waals surface area contributed by atoms with Gasteiger partial charge in [-0.25, -0.2) is 0 Å². The summed E-state index contributed by atoms with van der Waals surface area (Å²) in [6.07, 6.45) is 2.54. The Kier molecular flexibility index (Phi) is 6.12. The van der Waals surface area contributed by atoms with Crippen molar-refractivity contribution in [3.8, 4) is 0 Å². The number of nitrogens with zero attached hydrogens (tertiary/aromatic N) is 2. The second-order valence-electron chi connectivity index (χ2n) is 4.37. The summed E-state index contributed by atoms with van der Waals surface area (Å²) in [4.78, 5) is 25.4. The third-order valence-corrected chi connectivity index (χ3v) is 3.92. The molecule has 0 N–H and O–H groups in total. The highest BCUT2D eigenvalue weighted by molar-refractivity contribution is 7.07. The number of hydrogen-bond donors (Lipinski definition) is 0. The second-order valence-corrected chi connectivity index (χ2v) is 5.19. The highest BCUT2D eigenvalue weighted by atomic mass is 32.1. The summed E-state index contributed by atoms with van der Waals surface area (Å²) in [5, 5.41) is 1.83. The van der Waals surface area contributed by atoms with Gasteiger partial charge in [-0.2, -0.15) is 0 Å². The van der Waals surface area contributed by atoms with Crippen LogP contribution in [-0.2, 0) is 11.3 Å². The molecule has 0 aliphatic rings. The number of carbonyl (C=O) groups is 1. The fraction of sp³-hybridized carbons (Fsp3) is 0.692. The molecular formula is C13H22N2O2S. The molecule has 18 heavy (non-hydrogen) atoms. The van der Waals surface area contributed by atoms with Gasteiger partial charge in [0, 0.05) is 37.1 Å². The molecule has 1 aromatic rings. The molecule has 1 amide bonds. The fourth-order valence-corrected chi connectivity index (χ4v) is 2.61. The molecule has 0 saturated carbocycles. The van der Waals surface area contributed by atoms with Crippen molar-refractivity contribution in [1.29, 1.82) is 0 Å². The molecule has 0 aliphatic carbocycles. The van der Waals surface area contributed by atoms with E-state index >= 15 is 0 Å². The van der Waals surface area contributed by atoms with Gasteiger partial charge in [-0.05, 0) is 20.3 Å². The molecule has 0 bridgehead atoms. The second kappa shape index (κ2) is 7.36. The topological polar surface area (TPSA) is 42.3 Å². The molecule has 1 rings (SSSR count). The molecule has 0 fully saturated rings. The SMILES string of the molecule is CCCCN(CC)C(=O)CCn1c(C)csc1=O. The average molecular weight is 270 g/mol. The molecule has 102 valence electrons. The van der Waals surface area contributed by atoms with Crippen LogP contribution in [0.3, 0.4) is 0 Å². The monoisotopic (exact) mass is 270 g/mol. The van der Waals surface area contributed by atoms with Crippen LogP contribution in [0.1, 0.15) is 38.8 Å². The maximum Gasteiger partial charge on any atom is 0.307 e. The summed E-state index contributed by atoms with van der Waals surface area (Å²) in [5.74, 6) is 0.142. The van der Waals surface area contributed by atoms with E-state index in [1.807, 2.05) is 24.1 Å². The van der Waals surface area contributed by atoms with Crippen LogP contribution in [0, 0.1) is 6.92 Å². The van der Waals surface area contributed by atoms with Crippen LogP contribution < -0.4 is 4.87 Å². The molecule has 4 nitrogen and oxygen atoms in total. The predicted molar refractivity (Wildman–Crippen MR) is 75.1 cm³/mol. The van der Waals surface area contributed by atoms with Crippen LogP contribution in [0.25, 0.3) is 0 Å². The van der Waals surface area contributed by atoms with E-state index in [0.717, 1.165) is 31.6 Å². The molecule has 0 spiro atoms. The third kappa shape index (κ3) is 3.98. The van der Waals surface area contributed by atoms with E-state index in [-0.39, 0.29) is 10.8 Å². The van der Waals surface area contributed by atoms with E-state index in [1.54, 1.807) is 4.57 Å². The van der Waals surface area contributed by atoms with Gasteiger partial charge in [0.15, 0.2) is 0 Å². The number of unbranched alkanes of at least 4 members (excludes halogenated alkanes) is 1. The van der Waals surface area contributed by atoms with Gasteiger partial charge in [0.2, 0.25) is 5.91 Å². The van der Waals surface area contributed by atoms with Crippen LogP contribution in [0.15, 0.2) is 10.2 Å². The quantitative estimate of drug-likeness (QED) is 0.762. The molecule has 5 heteroatoms. The van der Waals surface area contributed by atoms with Crippen molar-refractivity contribution < 1.29 is 4.79 Å². The summed E-state index contributed by atoms with van der Waals surface area (Å²) in [6, 6.07) is 0. The Balaban J connectivity index is 2.52. The number of hydrogen-bond acceptors (Lipinski definition) is 3. The van der Waals surface area contributed by atoms with Crippen molar-refractivity contribution in [2.45, 2.75) is 46.6 Å². The van der Waals surface area contributed by atoms with Gasteiger partial charge in [0.1, 0.15) is 0 Å². The molecule has 0 saturated heterocycles. The van der Waals surface area contributed by atoms with E-state index in [4.69, 9.17) is 0 Å². The molecule has 0 radical (unpaired) electrons. The highest BCUT2D eigenvalue weighted by Gasteiger charge is 2.12. The van der Waals surface area contributed by atoms with Crippen LogP contribution in [-0.4, -0.2) is 28.5 Å². The van der Waals surface area contributed by atoms with E-state index < -0.39 is 0 Å². The van der Waals surface area contributed by atoms with Crippen LogP contribution in [0.2, 0.25) is 0 Å². The van der Waals surface area contributed by atoms with Gasteiger partial charge < -0.3 is 9.47 Å². The third-order valence-electron chi connectivity index (χ3n) is 3.04. The zero-order valence-electron chi connectivity index (χ0n) is 11.4. The predicted octanol–water partition coefficient (Wildman–Crippen LogP) is 2.26. The highest BCUT2D eigenvalue weighted by Crippen LogP contribution is 2.04. The van der Waals surface area contributed by atoms with Crippen molar-refractivity contribution >= 4 is 17.2 Å². The number of carbonyl (C=O) groups excluding carboxylic acids is 1. The van der Waals surface area contributed by atoms with Crippen molar-refractivity contribution in [3.63, 3.8) is 0 Å². The smallest absolute Gasteiger partial charge is 0.307 e. The Labute approximate surface area is 112 Å². The molecule has 0 aromatic carbocycles. The number of aromatic nitrogens is 1. The van der Waals surface area contributed by atoms with Crippen molar-refractivity contribution in [1.82, 2.24) is 9.47 Å². The zero-order valence-corrected chi connectivity index (χ0v) is 12.3. The van der Waals surface area contributed by atoms with E-state index in [9.17, 15) is 9.59 Å². The lowest BCUT2D eigenvalue weighted by atomic mass is 10.3. The Hall–Kier alpha value is -1.10. The molecular weight excluding hydrogens is 248 g/mol. The Morgan fingerprint density at radius 3 is 2.67 bits per heavy atom. The normalized spacial score (nSPS) is 10.6. The number of aryl methyl sites for hydroxylation is 1. The summed E-state index contributed by atoms with van der Waals surface area (Å²) in [6.45, 7) is 8.08. The summed E-state index contributed by atoms with van der Waals surface area (Å²) in [5.41, 5.74) is 0.939. The molecule has 0 unspecified atom stereocenters. The van der Waals surface area contributed by atoms with Crippen LogP contribution in [0.4, 0.5) is 0 Å². The molecule has 0 atom stereocenters. The van der Waals surface area contributed by atoms with Crippen molar-refractivity contribution in [3.05, 3.63) is 20.7 Å². The number of rotatable bonds is 7. The van der Waals surface area contributed by atoms with Gasteiger partial charge in [-0.3, -0.25) is 9.59 Å². The lowest BCUT2D eigenvalue weighted by Crippen LogP contribution is -2.33. The minimum absolute atomic E-state index is 0.0249. The van der Waals surface area contributed by atoms with Crippen LogP contribution >= 0.6 is 11.3 Å². The largest absolute Gasteiger partial charge is 0.343 e. The van der Waals surface area contributed by atoms with Gasteiger partial charge in [0.25, 0.3) is 0 Å². The van der Waals surface area contributed by atoms with Crippen molar-refractivity contribution in [2.75, 3.05) is 13.1 Å². The van der Waals surface area contributed by atoms with Gasteiger partial charge in [0.05, 0.1) is 0 Å². The first kappa shape index (κ1) is 15.0. The lowest BCUT2D eigenvalue weighted by molar-refractivity contribution is -0.131. The fourth-order valence-electron chi connectivity index (χ4n) is 1.85. The molecule has 1 heterocycles. The van der Waals surface area contributed by atoms with Gasteiger partial charge in [-0.1, -0.05) is 24.7 Å². The molecule has 0 aliphatic heterocycles. The number of amides is 1. The Bertz CT molecular complexity index is 436. The zero-order chi connectivity index (χ0) is 13.5. The molecule has 1 aromatic heterocycles. The van der Waals surface area contributed by atoms with E-state index in [1.165, 1.54) is 11.3 Å². The van der Waals surface area contributed by atoms with Gasteiger partial charge in [-0.15, -0.1) is 0 Å². The van der Waals surface area contributed by atoms with Gasteiger partial charge >= 0.3 is 4.87 Å². The van der Waals surface area contributed by atoms with E-state index in [0.29, 0.717) is 13.0 Å². The summed E-state index contributed by atoms with van der Waals surface area (Å²) in [7, 11) is 0. The minimum atomic E-state index is 0.0249. The Morgan fingerprint density at radius 1 is 1.44 bits per heavy atom. The van der Waals surface area contributed by atoms with E-state index in [2.05, 4.69) is 6.92 Å². The first-order valence-electron chi connectivity index (χ1n) is 6.52.